The summed E-state index contributed by atoms with van der Waals surface area (Å²) in [5.41, 5.74) is 1.74. The van der Waals surface area contributed by atoms with Crippen LogP contribution in [0, 0.1) is 6.92 Å². The van der Waals surface area contributed by atoms with Gasteiger partial charge < -0.3 is 16.0 Å². The number of nitrogens with zero attached hydrogens (tertiary/aromatic N) is 4. The lowest BCUT2D eigenvalue weighted by Crippen LogP contribution is -2.41. The standard InChI is InChI=1S/C17H25N7O/c1-4-18-17(21-11-15-22-12-23-24(15)3)20-9-8-19-16(25)14-7-5-6-13(2)10-14/h5-7,10,12H,4,8-9,11H2,1-3H3,(H,19,25)(H2,18,20,21). The monoisotopic (exact) mass is 343 g/mol. The van der Waals surface area contributed by atoms with Crippen LogP contribution in [0.15, 0.2) is 35.6 Å². The normalized spacial score (nSPS) is 11.2. The summed E-state index contributed by atoms with van der Waals surface area (Å²) in [6, 6.07) is 7.52. The third-order valence-corrected chi connectivity index (χ3v) is 3.51. The van der Waals surface area contributed by atoms with E-state index in [1.165, 1.54) is 6.33 Å². The Bertz CT molecular complexity index is 723. The Balaban J connectivity index is 1.79. The molecule has 2 rings (SSSR count). The smallest absolute Gasteiger partial charge is 0.251 e. The predicted molar refractivity (Wildman–Crippen MR) is 97.3 cm³/mol. The highest BCUT2D eigenvalue weighted by molar-refractivity contribution is 5.94. The van der Waals surface area contributed by atoms with E-state index in [2.05, 4.69) is 31.0 Å². The molecule has 1 heterocycles. The Kier molecular flexibility index (Phi) is 6.94. The molecule has 0 spiro atoms. The van der Waals surface area contributed by atoms with Crippen molar-refractivity contribution in [2.24, 2.45) is 12.0 Å². The number of carbonyl (C=O) groups is 1. The van der Waals surface area contributed by atoms with E-state index in [4.69, 9.17) is 0 Å². The fourth-order valence-electron chi connectivity index (χ4n) is 2.20. The van der Waals surface area contributed by atoms with Gasteiger partial charge in [0.25, 0.3) is 5.91 Å². The molecule has 0 radical (unpaired) electrons. The summed E-state index contributed by atoms with van der Waals surface area (Å²) < 4.78 is 1.69. The molecule has 0 aliphatic heterocycles. The lowest BCUT2D eigenvalue weighted by Gasteiger charge is -2.12. The van der Waals surface area contributed by atoms with Gasteiger partial charge in [-0.3, -0.25) is 9.48 Å². The largest absolute Gasteiger partial charge is 0.357 e. The number of hydrogen-bond donors (Lipinski definition) is 3. The molecule has 1 aromatic heterocycles. The molecule has 0 aliphatic carbocycles. The van der Waals surface area contributed by atoms with Crippen LogP contribution in [0.25, 0.3) is 0 Å². The number of aryl methyl sites for hydroxylation is 2. The molecule has 0 fully saturated rings. The molecule has 8 heteroatoms. The first kappa shape index (κ1) is 18.4. The summed E-state index contributed by atoms with van der Waals surface area (Å²) >= 11 is 0. The van der Waals surface area contributed by atoms with Crippen molar-refractivity contribution in [3.63, 3.8) is 0 Å². The van der Waals surface area contributed by atoms with Crippen molar-refractivity contribution in [3.05, 3.63) is 47.5 Å². The van der Waals surface area contributed by atoms with Crippen molar-refractivity contribution in [2.45, 2.75) is 20.4 Å². The minimum atomic E-state index is -0.0773. The predicted octanol–water partition coefficient (Wildman–Crippen LogP) is 0.609. The molecule has 0 bridgehead atoms. The second kappa shape index (κ2) is 9.41. The maximum atomic E-state index is 12.1. The molecule has 0 atom stereocenters. The zero-order chi connectivity index (χ0) is 18.1. The zero-order valence-corrected chi connectivity index (χ0v) is 14.9. The zero-order valence-electron chi connectivity index (χ0n) is 14.9. The van der Waals surface area contributed by atoms with Crippen LogP contribution in [-0.4, -0.2) is 46.3 Å². The van der Waals surface area contributed by atoms with Crippen molar-refractivity contribution < 1.29 is 4.79 Å². The second-order valence-corrected chi connectivity index (χ2v) is 5.55. The molecular weight excluding hydrogens is 318 g/mol. The number of guanidine groups is 1. The fraction of sp³-hybridized carbons (Fsp3) is 0.412. The molecule has 134 valence electrons. The van der Waals surface area contributed by atoms with Crippen molar-refractivity contribution in [3.8, 4) is 0 Å². The maximum Gasteiger partial charge on any atom is 0.251 e. The van der Waals surface area contributed by atoms with Gasteiger partial charge in [-0.05, 0) is 26.0 Å². The Morgan fingerprint density at radius 3 is 2.72 bits per heavy atom. The second-order valence-electron chi connectivity index (χ2n) is 5.55. The molecule has 0 aliphatic rings. The number of benzene rings is 1. The Morgan fingerprint density at radius 1 is 1.24 bits per heavy atom. The van der Waals surface area contributed by atoms with Crippen LogP contribution < -0.4 is 16.0 Å². The molecule has 2 aromatic rings. The van der Waals surface area contributed by atoms with Crippen LogP contribution >= 0.6 is 0 Å². The third-order valence-electron chi connectivity index (χ3n) is 3.51. The molecular formula is C17H25N7O. The molecule has 8 nitrogen and oxygen atoms in total. The number of aromatic nitrogens is 3. The van der Waals surface area contributed by atoms with Gasteiger partial charge in [-0.25, -0.2) is 9.98 Å². The van der Waals surface area contributed by atoms with Crippen LogP contribution in [0.4, 0.5) is 0 Å². The lowest BCUT2D eigenvalue weighted by atomic mass is 10.1. The van der Waals surface area contributed by atoms with Gasteiger partial charge in [0.2, 0.25) is 0 Å². The summed E-state index contributed by atoms with van der Waals surface area (Å²) in [6.45, 7) is 6.22. The van der Waals surface area contributed by atoms with E-state index in [1.807, 2.05) is 45.2 Å². The summed E-state index contributed by atoms with van der Waals surface area (Å²) in [6.07, 6.45) is 1.51. The summed E-state index contributed by atoms with van der Waals surface area (Å²) in [7, 11) is 1.83. The lowest BCUT2D eigenvalue weighted by molar-refractivity contribution is 0.0954. The summed E-state index contributed by atoms with van der Waals surface area (Å²) in [5, 5.41) is 13.3. The Labute approximate surface area is 147 Å². The highest BCUT2D eigenvalue weighted by atomic mass is 16.1. The SMILES string of the molecule is CCNC(=NCc1ncnn1C)NCCNC(=O)c1cccc(C)c1. The van der Waals surface area contributed by atoms with E-state index in [9.17, 15) is 4.79 Å². The Hall–Kier alpha value is -2.90. The first-order valence-corrected chi connectivity index (χ1v) is 8.30. The first-order chi connectivity index (χ1) is 12.1. The number of amides is 1. The molecule has 25 heavy (non-hydrogen) atoms. The van der Waals surface area contributed by atoms with Gasteiger partial charge >= 0.3 is 0 Å². The molecule has 0 saturated heterocycles. The van der Waals surface area contributed by atoms with Crippen LogP contribution in [-0.2, 0) is 13.6 Å². The van der Waals surface area contributed by atoms with E-state index < -0.39 is 0 Å². The maximum absolute atomic E-state index is 12.1. The van der Waals surface area contributed by atoms with Gasteiger partial charge in [0.05, 0.1) is 0 Å². The van der Waals surface area contributed by atoms with Gasteiger partial charge in [0.1, 0.15) is 18.7 Å². The number of carbonyl (C=O) groups excluding carboxylic acids is 1. The summed E-state index contributed by atoms with van der Waals surface area (Å²) in [5.74, 6) is 1.38. The molecule has 0 unspecified atom stereocenters. The molecule has 1 amide bonds. The van der Waals surface area contributed by atoms with Crippen LogP contribution in [0.5, 0.6) is 0 Å². The first-order valence-electron chi connectivity index (χ1n) is 8.30. The van der Waals surface area contributed by atoms with E-state index in [0.717, 1.165) is 17.9 Å². The van der Waals surface area contributed by atoms with Crippen molar-refractivity contribution >= 4 is 11.9 Å². The van der Waals surface area contributed by atoms with Gasteiger partial charge in [-0.1, -0.05) is 17.7 Å². The topological polar surface area (TPSA) is 96.2 Å². The van der Waals surface area contributed by atoms with Crippen molar-refractivity contribution in [1.82, 2.24) is 30.7 Å². The fourth-order valence-corrected chi connectivity index (χ4v) is 2.20. The van der Waals surface area contributed by atoms with Crippen LogP contribution in [0.2, 0.25) is 0 Å². The number of hydrogen-bond acceptors (Lipinski definition) is 4. The van der Waals surface area contributed by atoms with E-state index >= 15 is 0 Å². The van der Waals surface area contributed by atoms with Crippen molar-refractivity contribution in [1.29, 1.82) is 0 Å². The van der Waals surface area contributed by atoms with Gasteiger partial charge in [-0.15, -0.1) is 0 Å². The van der Waals surface area contributed by atoms with E-state index in [-0.39, 0.29) is 5.91 Å². The minimum Gasteiger partial charge on any atom is -0.357 e. The molecule has 3 N–H and O–H groups in total. The van der Waals surface area contributed by atoms with E-state index in [0.29, 0.717) is 31.2 Å². The minimum absolute atomic E-state index is 0.0773. The number of aliphatic imine (C=N–C) groups is 1. The average Bonchev–Trinajstić information content (AvgIpc) is 3.01. The molecule has 1 aromatic carbocycles. The van der Waals surface area contributed by atoms with Crippen LogP contribution in [0.1, 0.15) is 28.7 Å². The highest BCUT2D eigenvalue weighted by Gasteiger charge is 2.05. The van der Waals surface area contributed by atoms with E-state index in [1.54, 1.807) is 4.68 Å². The van der Waals surface area contributed by atoms with Crippen molar-refractivity contribution in [2.75, 3.05) is 19.6 Å². The number of nitrogens with one attached hydrogen (secondary N) is 3. The van der Waals surface area contributed by atoms with Gasteiger partial charge in [0, 0.05) is 32.2 Å². The van der Waals surface area contributed by atoms with Gasteiger partial charge in [-0.2, -0.15) is 5.10 Å². The van der Waals surface area contributed by atoms with Crippen LogP contribution in [0.3, 0.4) is 0 Å². The Morgan fingerprint density at radius 2 is 2.04 bits per heavy atom. The number of rotatable bonds is 7. The van der Waals surface area contributed by atoms with Gasteiger partial charge in [0.15, 0.2) is 5.96 Å². The highest BCUT2D eigenvalue weighted by Crippen LogP contribution is 2.03. The summed E-state index contributed by atoms with van der Waals surface area (Å²) in [4.78, 5) is 20.7. The quantitative estimate of drug-likeness (QED) is 0.389. The third kappa shape index (κ3) is 5.91. The average molecular weight is 343 g/mol. The molecule has 0 saturated carbocycles.